The third-order valence-electron chi connectivity index (χ3n) is 12.0. The maximum atomic E-state index is 6.72. The van der Waals surface area contributed by atoms with Crippen LogP contribution < -0.4 is 9.47 Å². The fraction of sp³-hybridized carbons (Fsp3) is 0.812. The van der Waals surface area contributed by atoms with Gasteiger partial charge in [-0.1, -0.05) is 6.07 Å². The van der Waals surface area contributed by atoms with Crippen LogP contribution in [0.15, 0.2) is 12.1 Å². The Labute approximate surface area is 215 Å². The van der Waals surface area contributed by atoms with Crippen LogP contribution in [-0.2, 0) is 20.3 Å². The van der Waals surface area contributed by atoms with Gasteiger partial charge in [0, 0.05) is 5.56 Å². The summed E-state index contributed by atoms with van der Waals surface area (Å²) in [4.78, 5) is 0. The number of hydrogen-bond acceptors (Lipinski definition) is 4. The molecule has 10 fully saturated rings. The Morgan fingerprint density at radius 1 is 0.611 bits per heavy atom. The molecule has 1 aromatic rings. The Kier molecular flexibility index (Phi) is 4.60. The van der Waals surface area contributed by atoms with E-state index in [4.69, 9.17) is 18.9 Å². The highest BCUT2D eigenvalue weighted by atomic mass is 16.6. The van der Waals surface area contributed by atoms with E-state index in [-0.39, 0.29) is 12.2 Å². The van der Waals surface area contributed by atoms with E-state index in [1.807, 2.05) is 0 Å². The SMILES string of the molecule is c1c(C23CC4CC(CC(C4)C2)C3)cc(C23CC4CC(CC(C4)C2)C3)c(OCC2CO2)c1OCC1CO1. The fourth-order valence-electron chi connectivity index (χ4n) is 11.2. The van der Waals surface area contributed by atoms with Crippen molar-refractivity contribution < 1.29 is 18.9 Å². The van der Waals surface area contributed by atoms with Gasteiger partial charge >= 0.3 is 0 Å². The molecule has 194 valence electrons. The van der Waals surface area contributed by atoms with Gasteiger partial charge in [-0.25, -0.2) is 0 Å². The molecule has 11 rings (SSSR count). The van der Waals surface area contributed by atoms with Gasteiger partial charge in [-0.15, -0.1) is 0 Å². The van der Waals surface area contributed by atoms with E-state index in [1.165, 1.54) is 82.6 Å². The van der Waals surface area contributed by atoms with Crippen LogP contribution in [0.3, 0.4) is 0 Å². The highest BCUT2D eigenvalue weighted by Crippen LogP contribution is 2.65. The maximum Gasteiger partial charge on any atom is 0.165 e. The summed E-state index contributed by atoms with van der Waals surface area (Å²) < 4.78 is 24.5. The van der Waals surface area contributed by atoms with Crippen molar-refractivity contribution in [2.24, 2.45) is 35.5 Å². The molecule has 0 aromatic heterocycles. The quantitative estimate of drug-likeness (QED) is 0.408. The Balaban J connectivity index is 1.18. The second kappa shape index (κ2) is 7.65. The number of hydrogen-bond donors (Lipinski definition) is 0. The predicted molar refractivity (Wildman–Crippen MR) is 137 cm³/mol. The van der Waals surface area contributed by atoms with Gasteiger partial charge < -0.3 is 18.9 Å². The summed E-state index contributed by atoms with van der Waals surface area (Å²) in [6.07, 6.45) is 17.7. The number of benzene rings is 1. The molecule has 0 spiro atoms. The monoisotopic (exact) mass is 490 g/mol. The molecule has 8 bridgehead atoms. The van der Waals surface area contributed by atoms with Crippen LogP contribution in [0.25, 0.3) is 0 Å². The summed E-state index contributed by atoms with van der Waals surface area (Å²) in [6.45, 7) is 2.99. The van der Waals surface area contributed by atoms with Crippen LogP contribution in [0.2, 0.25) is 0 Å². The molecular formula is C32H42O4. The van der Waals surface area contributed by atoms with Crippen molar-refractivity contribution in [1.82, 2.24) is 0 Å². The van der Waals surface area contributed by atoms with Gasteiger partial charge in [-0.05, 0) is 135 Å². The van der Waals surface area contributed by atoms with Gasteiger partial charge in [0.15, 0.2) is 11.5 Å². The Bertz CT molecular complexity index is 982. The van der Waals surface area contributed by atoms with Crippen molar-refractivity contribution in [3.8, 4) is 11.5 Å². The average Bonchev–Trinajstić information content (AvgIpc) is 3.75. The van der Waals surface area contributed by atoms with Crippen molar-refractivity contribution in [2.75, 3.05) is 26.4 Å². The van der Waals surface area contributed by atoms with Gasteiger partial charge in [-0.3, -0.25) is 0 Å². The lowest BCUT2D eigenvalue weighted by molar-refractivity contribution is -0.00951. The third kappa shape index (κ3) is 3.52. The van der Waals surface area contributed by atoms with E-state index in [9.17, 15) is 0 Å². The van der Waals surface area contributed by atoms with Gasteiger partial charge in [0.1, 0.15) is 25.4 Å². The first kappa shape index (κ1) is 21.6. The minimum absolute atomic E-state index is 0.260. The zero-order valence-corrected chi connectivity index (χ0v) is 21.7. The van der Waals surface area contributed by atoms with Crippen LogP contribution in [0, 0.1) is 35.5 Å². The highest BCUT2D eigenvalue weighted by molar-refractivity contribution is 5.55. The zero-order chi connectivity index (χ0) is 23.5. The third-order valence-corrected chi connectivity index (χ3v) is 12.0. The van der Waals surface area contributed by atoms with Gasteiger partial charge in [0.2, 0.25) is 0 Å². The molecule has 2 atom stereocenters. The van der Waals surface area contributed by atoms with E-state index < -0.39 is 0 Å². The predicted octanol–water partition coefficient (Wildman–Crippen LogP) is 6.18. The lowest BCUT2D eigenvalue weighted by Crippen LogP contribution is -2.50. The van der Waals surface area contributed by atoms with Crippen molar-refractivity contribution in [3.05, 3.63) is 23.3 Å². The van der Waals surface area contributed by atoms with E-state index in [1.54, 1.807) is 5.56 Å². The molecule has 36 heavy (non-hydrogen) atoms. The standard InChI is InChI=1S/C32H42O4/c1-19-2-21-3-20(1)10-31(9-19,11-21)25-7-28(32-12-22-4-23(13-32)6-24(5-22)14-32)30(36-18-27-16-34-27)29(8-25)35-17-26-15-33-26/h7-8,19-24,26-27H,1-6,9-18H2. The number of epoxide rings is 2. The van der Waals surface area contributed by atoms with Crippen molar-refractivity contribution in [1.29, 1.82) is 0 Å². The molecule has 0 N–H and O–H groups in total. The maximum absolute atomic E-state index is 6.72. The molecule has 0 radical (unpaired) electrons. The first-order valence-corrected chi connectivity index (χ1v) is 15.3. The topological polar surface area (TPSA) is 43.5 Å². The average molecular weight is 491 g/mol. The fourth-order valence-corrected chi connectivity index (χ4v) is 11.2. The number of ether oxygens (including phenoxy) is 4. The first-order chi connectivity index (χ1) is 17.6. The summed E-state index contributed by atoms with van der Waals surface area (Å²) in [6, 6.07) is 5.15. The molecule has 2 aliphatic heterocycles. The molecule has 10 aliphatic rings. The van der Waals surface area contributed by atoms with E-state index in [0.717, 1.165) is 60.2 Å². The molecule has 8 saturated carbocycles. The van der Waals surface area contributed by atoms with E-state index in [0.29, 0.717) is 24.0 Å². The molecule has 2 saturated heterocycles. The second-order valence-electron chi connectivity index (χ2n) is 14.8. The molecule has 1 aromatic carbocycles. The summed E-state index contributed by atoms with van der Waals surface area (Å²) in [5.41, 5.74) is 3.80. The molecular weight excluding hydrogens is 448 g/mol. The van der Waals surface area contributed by atoms with Crippen molar-refractivity contribution >= 4 is 0 Å². The van der Waals surface area contributed by atoms with Crippen molar-refractivity contribution in [3.63, 3.8) is 0 Å². The van der Waals surface area contributed by atoms with Crippen LogP contribution in [0.1, 0.15) is 88.2 Å². The zero-order valence-electron chi connectivity index (χ0n) is 21.7. The van der Waals surface area contributed by atoms with Crippen LogP contribution >= 0.6 is 0 Å². The minimum Gasteiger partial charge on any atom is -0.487 e. The van der Waals surface area contributed by atoms with Crippen LogP contribution in [-0.4, -0.2) is 38.6 Å². The summed E-state index contributed by atoms with van der Waals surface area (Å²) in [7, 11) is 0. The Hall–Kier alpha value is -1.26. The second-order valence-corrected chi connectivity index (χ2v) is 14.8. The van der Waals surface area contributed by atoms with Crippen LogP contribution in [0.4, 0.5) is 0 Å². The lowest BCUT2D eigenvalue weighted by atomic mass is 9.46. The lowest BCUT2D eigenvalue weighted by Gasteiger charge is -2.58. The van der Waals surface area contributed by atoms with Gasteiger partial charge in [-0.2, -0.15) is 0 Å². The molecule has 4 nitrogen and oxygen atoms in total. The molecule has 4 heteroatoms. The number of rotatable bonds is 8. The Morgan fingerprint density at radius 2 is 1.06 bits per heavy atom. The van der Waals surface area contributed by atoms with E-state index in [2.05, 4.69) is 12.1 Å². The molecule has 0 amide bonds. The molecule has 2 unspecified atom stereocenters. The molecule has 8 aliphatic carbocycles. The minimum atomic E-state index is 0.260. The summed E-state index contributed by atoms with van der Waals surface area (Å²) in [5, 5.41) is 0. The van der Waals surface area contributed by atoms with Gasteiger partial charge in [0.25, 0.3) is 0 Å². The normalized spacial score (nSPS) is 48.9. The summed E-state index contributed by atoms with van der Waals surface area (Å²) >= 11 is 0. The van der Waals surface area contributed by atoms with Crippen molar-refractivity contribution in [2.45, 2.75) is 100 Å². The highest BCUT2D eigenvalue weighted by Gasteiger charge is 2.55. The van der Waals surface area contributed by atoms with E-state index >= 15 is 0 Å². The first-order valence-electron chi connectivity index (χ1n) is 15.3. The smallest absolute Gasteiger partial charge is 0.165 e. The Morgan fingerprint density at radius 3 is 1.53 bits per heavy atom. The van der Waals surface area contributed by atoms with Gasteiger partial charge in [0.05, 0.1) is 13.2 Å². The molecule has 2 heterocycles. The largest absolute Gasteiger partial charge is 0.487 e. The van der Waals surface area contributed by atoms with Crippen LogP contribution in [0.5, 0.6) is 11.5 Å². The summed E-state index contributed by atoms with van der Waals surface area (Å²) in [5.74, 6) is 7.70.